The van der Waals surface area contributed by atoms with Crippen molar-refractivity contribution in [3.63, 3.8) is 0 Å². The van der Waals surface area contributed by atoms with Crippen LogP contribution in [0.2, 0.25) is 5.15 Å². The van der Waals surface area contributed by atoms with E-state index in [0.29, 0.717) is 37.7 Å². The summed E-state index contributed by atoms with van der Waals surface area (Å²) in [4.78, 5) is 6.68. The van der Waals surface area contributed by atoms with E-state index in [1.165, 1.54) is 20.0 Å². The van der Waals surface area contributed by atoms with E-state index in [-0.39, 0.29) is 16.8 Å². The monoisotopic (exact) mass is 350 g/mol. The number of thiazole rings is 1. The highest BCUT2D eigenvalue weighted by Gasteiger charge is 2.33. The minimum Gasteiger partial charge on any atom is -0.395 e. The Morgan fingerprint density at radius 2 is 2.05 bits per heavy atom. The van der Waals surface area contributed by atoms with Gasteiger partial charge in [0.05, 0.1) is 6.61 Å². The van der Waals surface area contributed by atoms with Gasteiger partial charge in [-0.15, -0.1) is 11.3 Å². The fourth-order valence-electron chi connectivity index (χ4n) is 2.43. The van der Waals surface area contributed by atoms with Gasteiger partial charge in [-0.3, -0.25) is 9.30 Å². The second-order valence-corrected chi connectivity index (χ2v) is 7.82. The first-order chi connectivity index (χ1) is 10.0. The van der Waals surface area contributed by atoms with E-state index in [1.54, 1.807) is 11.6 Å². The molecule has 21 heavy (non-hydrogen) atoms. The zero-order valence-electron chi connectivity index (χ0n) is 11.1. The highest BCUT2D eigenvalue weighted by atomic mass is 35.5. The van der Waals surface area contributed by atoms with E-state index < -0.39 is 10.0 Å². The SMILES string of the molecule is O=S(=O)(c1c(Cl)nc2sccn12)N1CCN(CCO)CC1. The van der Waals surface area contributed by atoms with Crippen LogP contribution in [0.3, 0.4) is 0 Å². The molecule has 3 rings (SSSR count). The van der Waals surface area contributed by atoms with E-state index >= 15 is 0 Å². The van der Waals surface area contributed by atoms with E-state index in [9.17, 15) is 8.42 Å². The average Bonchev–Trinajstić information content (AvgIpc) is 2.99. The number of piperazine rings is 1. The van der Waals surface area contributed by atoms with Crippen LogP contribution < -0.4 is 0 Å². The standard InChI is InChI=1S/C11H15ClN4O3S2/c12-9-10(16-6-8-20-11(16)13-9)21(18,19)15-3-1-14(2-4-15)5-7-17/h6,8,17H,1-5,7H2. The summed E-state index contributed by atoms with van der Waals surface area (Å²) in [6, 6.07) is 0. The molecule has 0 radical (unpaired) electrons. The highest BCUT2D eigenvalue weighted by molar-refractivity contribution is 7.89. The Hall–Kier alpha value is -0.710. The van der Waals surface area contributed by atoms with Gasteiger partial charge >= 0.3 is 0 Å². The summed E-state index contributed by atoms with van der Waals surface area (Å²) in [6.07, 6.45) is 1.66. The van der Waals surface area contributed by atoms with Crippen LogP contribution in [0.1, 0.15) is 0 Å². The number of rotatable bonds is 4. The van der Waals surface area contributed by atoms with Crippen LogP contribution in [-0.2, 0) is 10.0 Å². The molecular weight excluding hydrogens is 336 g/mol. The molecule has 0 atom stereocenters. The van der Waals surface area contributed by atoms with E-state index in [4.69, 9.17) is 16.7 Å². The maximum atomic E-state index is 12.8. The quantitative estimate of drug-likeness (QED) is 0.860. The zero-order chi connectivity index (χ0) is 15.0. The molecule has 7 nitrogen and oxygen atoms in total. The predicted octanol–water partition coefficient (Wildman–Crippen LogP) is 0.348. The Morgan fingerprint density at radius 1 is 1.33 bits per heavy atom. The molecule has 0 unspecified atom stereocenters. The number of nitrogens with zero attached hydrogens (tertiary/aromatic N) is 4. The lowest BCUT2D eigenvalue weighted by atomic mass is 10.4. The van der Waals surface area contributed by atoms with Crippen molar-refractivity contribution in [3.8, 4) is 0 Å². The first-order valence-corrected chi connectivity index (χ1v) is 9.18. The maximum absolute atomic E-state index is 12.8. The Kier molecular flexibility index (Phi) is 4.21. The number of hydrogen-bond acceptors (Lipinski definition) is 6. The van der Waals surface area contributed by atoms with Crippen molar-refractivity contribution in [1.29, 1.82) is 0 Å². The van der Waals surface area contributed by atoms with Gasteiger partial charge in [0.2, 0.25) is 0 Å². The van der Waals surface area contributed by atoms with Crippen LogP contribution >= 0.6 is 22.9 Å². The third kappa shape index (κ3) is 2.69. The second kappa shape index (κ2) is 5.82. The number of fused-ring (bicyclic) bond motifs is 1. The lowest BCUT2D eigenvalue weighted by Crippen LogP contribution is -2.49. The van der Waals surface area contributed by atoms with Crippen molar-refractivity contribution in [2.24, 2.45) is 0 Å². The molecular formula is C11H15ClN4O3S2. The smallest absolute Gasteiger partial charge is 0.262 e. The Labute approximate surface area is 131 Å². The highest BCUT2D eigenvalue weighted by Crippen LogP contribution is 2.28. The molecule has 2 aromatic heterocycles. The Balaban J connectivity index is 1.88. The largest absolute Gasteiger partial charge is 0.395 e. The topological polar surface area (TPSA) is 78.2 Å². The molecule has 3 heterocycles. The van der Waals surface area contributed by atoms with Crippen molar-refractivity contribution in [1.82, 2.24) is 18.6 Å². The van der Waals surface area contributed by atoms with Gasteiger partial charge in [-0.2, -0.15) is 4.31 Å². The predicted molar refractivity (Wildman–Crippen MR) is 80.4 cm³/mol. The molecule has 116 valence electrons. The molecule has 1 aliphatic heterocycles. The first-order valence-electron chi connectivity index (χ1n) is 6.48. The number of halogens is 1. The Morgan fingerprint density at radius 3 is 2.71 bits per heavy atom. The minimum atomic E-state index is -3.66. The molecule has 1 N–H and O–H groups in total. The fraction of sp³-hybridized carbons (Fsp3) is 0.545. The summed E-state index contributed by atoms with van der Waals surface area (Å²) >= 11 is 7.36. The number of imidazole rings is 1. The van der Waals surface area contributed by atoms with Gasteiger partial charge in [0.25, 0.3) is 10.0 Å². The van der Waals surface area contributed by atoms with Crippen LogP contribution in [0, 0.1) is 0 Å². The molecule has 0 aliphatic carbocycles. The molecule has 1 aliphatic rings. The minimum absolute atomic E-state index is 0.0136. The van der Waals surface area contributed by atoms with Crippen LogP contribution in [0.4, 0.5) is 0 Å². The van der Waals surface area contributed by atoms with Crippen molar-refractivity contribution in [2.45, 2.75) is 5.03 Å². The number of aromatic nitrogens is 2. The summed E-state index contributed by atoms with van der Waals surface area (Å²) in [6.45, 7) is 2.62. The fourth-order valence-corrected chi connectivity index (χ4v) is 5.26. The van der Waals surface area contributed by atoms with Gasteiger partial charge in [0.15, 0.2) is 15.1 Å². The molecule has 1 fully saturated rings. The van der Waals surface area contributed by atoms with Crippen LogP contribution in [0.15, 0.2) is 16.6 Å². The number of aliphatic hydroxyl groups excluding tert-OH is 1. The van der Waals surface area contributed by atoms with Gasteiger partial charge in [0.1, 0.15) is 0 Å². The van der Waals surface area contributed by atoms with E-state index in [0.717, 1.165) is 0 Å². The number of hydrogen-bond donors (Lipinski definition) is 1. The third-order valence-corrected chi connectivity index (χ3v) is 6.57. The number of aliphatic hydroxyl groups is 1. The van der Waals surface area contributed by atoms with Crippen LogP contribution in [0.5, 0.6) is 0 Å². The molecule has 0 amide bonds. The molecule has 2 aromatic rings. The van der Waals surface area contributed by atoms with Gasteiger partial charge in [0, 0.05) is 44.3 Å². The molecule has 10 heteroatoms. The van der Waals surface area contributed by atoms with Crippen LogP contribution in [-0.4, -0.2) is 71.4 Å². The van der Waals surface area contributed by atoms with Gasteiger partial charge in [-0.1, -0.05) is 11.6 Å². The van der Waals surface area contributed by atoms with Gasteiger partial charge in [-0.25, -0.2) is 13.4 Å². The van der Waals surface area contributed by atoms with E-state index in [2.05, 4.69) is 4.98 Å². The van der Waals surface area contributed by atoms with Gasteiger partial charge < -0.3 is 5.11 Å². The molecule has 0 saturated carbocycles. The second-order valence-electron chi connectivity index (χ2n) is 4.73. The zero-order valence-corrected chi connectivity index (χ0v) is 13.5. The molecule has 0 aromatic carbocycles. The van der Waals surface area contributed by atoms with Gasteiger partial charge in [-0.05, 0) is 0 Å². The average molecular weight is 351 g/mol. The van der Waals surface area contributed by atoms with E-state index in [1.807, 2.05) is 4.90 Å². The van der Waals surface area contributed by atoms with Crippen LogP contribution in [0.25, 0.3) is 4.96 Å². The lowest BCUT2D eigenvalue weighted by molar-refractivity contribution is 0.151. The summed E-state index contributed by atoms with van der Waals surface area (Å²) < 4.78 is 28.5. The van der Waals surface area contributed by atoms with Crippen molar-refractivity contribution >= 4 is 37.9 Å². The Bertz CT molecular complexity index is 734. The lowest BCUT2D eigenvalue weighted by Gasteiger charge is -2.33. The summed E-state index contributed by atoms with van der Waals surface area (Å²) in [5.41, 5.74) is 0. The summed E-state index contributed by atoms with van der Waals surface area (Å²) in [5, 5.41) is 10.8. The normalized spacial score (nSPS) is 18.6. The van der Waals surface area contributed by atoms with Crippen molar-refractivity contribution in [2.75, 3.05) is 39.3 Å². The van der Waals surface area contributed by atoms with Crippen molar-refractivity contribution < 1.29 is 13.5 Å². The number of β-amino-alcohol motifs (C(OH)–C–C–N with tert-alkyl or cyclic N) is 1. The summed E-state index contributed by atoms with van der Waals surface area (Å²) in [7, 11) is -3.66. The molecule has 0 bridgehead atoms. The molecule has 1 saturated heterocycles. The maximum Gasteiger partial charge on any atom is 0.262 e. The third-order valence-electron chi connectivity index (χ3n) is 3.51. The first kappa shape index (κ1) is 15.2. The summed E-state index contributed by atoms with van der Waals surface area (Å²) in [5.74, 6) is 0. The van der Waals surface area contributed by atoms with Crippen molar-refractivity contribution in [3.05, 3.63) is 16.7 Å². The molecule has 0 spiro atoms. The number of sulfonamides is 1.